The molecule has 10 nitrogen and oxygen atoms in total. The molecule has 5 rings (SSSR count). The fourth-order valence-electron chi connectivity index (χ4n) is 5.67. The van der Waals surface area contributed by atoms with E-state index in [9.17, 15) is 35.9 Å². The van der Waals surface area contributed by atoms with Gasteiger partial charge < -0.3 is 19.9 Å². The number of nitrogens with one attached hydrogen (secondary N) is 1. The molecule has 1 amide bonds. The van der Waals surface area contributed by atoms with Crippen molar-refractivity contribution < 1.29 is 35.9 Å². The number of fused-ring (bicyclic) bond motifs is 1. The van der Waals surface area contributed by atoms with Crippen molar-refractivity contribution in [2.24, 2.45) is 0 Å². The van der Waals surface area contributed by atoms with Gasteiger partial charge in [-0.1, -0.05) is 19.1 Å². The van der Waals surface area contributed by atoms with Crippen LogP contribution in [0, 0.1) is 0 Å². The first-order valence-electron chi connectivity index (χ1n) is 14.2. The summed E-state index contributed by atoms with van der Waals surface area (Å²) in [6.45, 7) is 2.88. The molecule has 1 aliphatic heterocycles. The van der Waals surface area contributed by atoms with Crippen molar-refractivity contribution in [1.82, 2.24) is 30.0 Å². The average molecular weight is 640 g/mol. The fourth-order valence-corrected chi connectivity index (χ4v) is 5.67. The van der Waals surface area contributed by atoms with Crippen LogP contribution in [-0.4, -0.2) is 76.9 Å². The summed E-state index contributed by atoms with van der Waals surface area (Å²) in [4.78, 5) is 36.8. The van der Waals surface area contributed by atoms with Gasteiger partial charge in [-0.2, -0.15) is 31.4 Å². The van der Waals surface area contributed by atoms with E-state index in [0.717, 1.165) is 17.1 Å². The third-order valence-corrected chi connectivity index (χ3v) is 8.20. The summed E-state index contributed by atoms with van der Waals surface area (Å²) in [5, 5.41) is 7.48. The molecule has 2 aliphatic rings. The quantitative estimate of drug-likeness (QED) is 0.375. The van der Waals surface area contributed by atoms with Crippen molar-refractivity contribution in [3.8, 4) is 5.75 Å². The van der Waals surface area contributed by atoms with Gasteiger partial charge in [0, 0.05) is 50.5 Å². The molecule has 1 aliphatic carbocycles. The number of halogens is 6. The van der Waals surface area contributed by atoms with E-state index in [-0.39, 0.29) is 49.2 Å². The van der Waals surface area contributed by atoms with E-state index in [0.29, 0.717) is 43.9 Å². The summed E-state index contributed by atoms with van der Waals surface area (Å²) in [6.07, 6.45) is -7.64. The number of ether oxygens (including phenoxy) is 1. The second-order valence-corrected chi connectivity index (χ2v) is 11.3. The number of amides is 1. The molecule has 1 aromatic carbocycles. The molecule has 1 unspecified atom stereocenters. The van der Waals surface area contributed by atoms with Crippen LogP contribution < -0.4 is 20.5 Å². The minimum Gasteiger partial charge on any atom is -0.497 e. The Morgan fingerprint density at radius 3 is 2.22 bits per heavy atom. The van der Waals surface area contributed by atoms with Gasteiger partial charge in [-0.25, -0.2) is 14.6 Å². The monoisotopic (exact) mass is 639 g/mol. The number of methoxy groups -OCH3 is 1. The highest BCUT2D eigenvalue weighted by Crippen LogP contribution is 2.42. The molecule has 0 bridgehead atoms. The highest BCUT2D eigenvalue weighted by Gasteiger charge is 2.46. The summed E-state index contributed by atoms with van der Waals surface area (Å²) in [5.74, 6) is 0.461. The van der Waals surface area contributed by atoms with E-state index >= 15 is 0 Å². The summed E-state index contributed by atoms with van der Waals surface area (Å²) < 4.78 is 86.8. The van der Waals surface area contributed by atoms with Crippen LogP contribution in [-0.2, 0) is 35.5 Å². The number of aromatic nitrogens is 4. The Hall–Kier alpha value is -4.21. The first-order chi connectivity index (χ1) is 21.2. The smallest absolute Gasteiger partial charge is 0.422 e. The zero-order chi connectivity index (χ0) is 32.6. The minimum absolute atomic E-state index is 0.0237. The Labute approximate surface area is 254 Å². The molecule has 2 aromatic heterocycles. The summed E-state index contributed by atoms with van der Waals surface area (Å²) in [6, 6.07) is 6.59. The number of benzene rings is 1. The van der Waals surface area contributed by atoms with Gasteiger partial charge in [-0.3, -0.25) is 9.59 Å². The number of rotatable bonds is 8. The van der Waals surface area contributed by atoms with Crippen molar-refractivity contribution in [2.75, 3.05) is 51.3 Å². The van der Waals surface area contributed by atoms with Crippen LogP contribution in [0.1, 0.15) is 41.3 Å². The van der Waals surface area contributed by atoms with Gasteiger partial charge >= 0.3 is 12.4 Å². The second-order valence-electron chi connectivity index (χ2n) is 11.3. The van der Waals surface area contributed by atoms with Crippen molar-refractivity contribution in [1.29, 1.82) is 0 Å². The number of hydrogen-bond acceptors (Lipinski definition) is 8. The van der Waals surface area contributed by atoms with Crippen LogP contribution in [0.5, 0.6) is 5.75 Å². The Morgan fingerprint density at radius 2 is 1.64 bits per heavy atom. The van der Waals surface area contributed by atoms with Crippen LogP contribution in [0.4, 0.5) is 32.3 Å². The first-order valence-corrected chi connectivity index (χ1v) is 14.2. The van der Waals surface area contributed by atoms with E-state index in [1.54, 1.807) is 41.0 Å². The largest absolute Gasteiger partial charge is 0.497 e. The molecule has 1 fully saturated rings. The molecule has 1 saturated heterocycles. The number of alkyl halides is 6. The summed E-state index contributed by atoms with van der Waals surface area (Å²) >= 11 is 0. The molecule has 242 valence electrons. The molecule has 0 saturated carbocycles. The maximum absolute atomic E-state index is 14.2. The van der Waals surface area contributed by atoms with Gasteiger partial charge in [-0.15, -0.1) is 0 Å². The maximum atomic E-state index is 14.2. The first kappa shape index (κ1) is 32.2. The van der Waals surface area contributed by atoms with Gasteiger partial charge in [0.1, 0.15) is 11.3 Å². The van der Waals surface area contributed by atoms with Crippen LogP contribution in [0.2, 0.25) is 0 Å². The van der Waals surface area contributed by atoms with Gasteiger partial charge in [0.15, 0.2) is 0 Å². The molecule has 1 atom stereocenters. The van der Waals surface area contributed by atoms with Crippen molar-refractivity contribution in [3.05, 3.63) is 75.0 Å². The van der Waals surface area contributed by atoms with Gasteiger partial charge in [0.25, 0.3) is 5.56 Å². The van der Waals surface area contributed by atoms with Crippen LogP contribution in [0.25, 0.3) is 0 Å². The van der Waals surface area contributed by atoms with Crippen LogP contribution >= 0.6 is 0 Å². The lowest BCUT2D eigenvalue weighted by molar-refractivity contribution is -0.140. The van der Waals surface area contributed by atoms with E-state index < -0.39 is 34.5 Å². The molecular formula is C29H31F6N7O3. The molecule has 0 spiro atoms. The number of piperazine rings is 1. The fraction of sp³-hybridized carbons (Fsp3) is 0.483. The molecule has 1 N–H and O–H groups in total. The highest BCUT2D eigenvalue weighted by molar-refractivity contribution is 5.78. The van der Waals surface area contributed by atoms with Crippen LogP contribution in [0.3, 0.4) is 0 Å². The predicted molar refractivity (Wildman–Crippen MR) is 150 cm³/mol. The maximum Gasteiger partial charge on any atom is 0.422 e. The normalized spacial score (nSPS) is 18.7. The Balaban J connectivity index is 1.23. The van der Waals surface area contributed by atoms with Crippen LogP contribution in [0.15, 0.2) is 41.5 Å². The molecule has 3 aromatic rings. The summed E-state index contributed by atoms with van der Waals surface area (Å²) in [7, 11) is 1.49. The number of carbonyl (C=O) groups is 1. The predicted octanol–water partition coefficient (Wildman–Crippen LogP) is 3.27. The molecule has 16 heteroatoms. The number of nitrogens with zero attached hydrogens (tertiary/aromatic N) is 6. The number of hydrogen-bond donors (Lipinski definition) is 1. The molecule has 3 heterocycles. The Bertz CT molecular complexity index is 1580. The topological polar surface area (TPSA) is 105 Å². The lowest BCUT2D eigenvalue weighted by Crippen LogP contribution is -2.52. The lowest BCUT2D eigenvalue weighted by atomic mass is 9.87. The minimum atomic E-state index is -4.87. The molecule has 45 heavy (non-hydrogen) atoms. The van der Waals surface area contributed by atoms with E-state index in [1.165, 1.54) is 7.11 Å². The second kappa shape index (κ2) is 12.3. The van der Waals surface area contributed by atoms with E-state index in [2.05, 4.69) is 20.4 Å². The number of carbonyl (C=O) groups excluding carboxylic acids is 1. The number of anilines is 1. The summed E-state index contributed by atoms with van der Waals surface area (Å²) in [5.41, 5.74) is -3.60. The zero-order valence-electron chi connectivity index (χ0n) is 24.5. The van der Waals surface area contributed by atoms with E-state index in [1.807, 2.05) is 0 Å². The standard InChI is InChI=1S/C29H31F6N7O3/c1-27(17-36-15-22(43)40-9-11-41(12-10-40)26-37-13-19(14-38-26)28(30,31)32)8-7-21-23(29(33,34)35)25(44)42(39-24(21)27)16-18-3-5-20(45-2)6-4-18/h3-6,13-14,36H,7-12,15-17H2,1-2H3. The van der Waals surface area contributed by atoms with Crippen molar-refractivity contribution >= 4 is 11.9 Å². The van der Waals surface area contributed by atoms with Gasteiger partial charge in [0.2, 0.25) is 11.9 Å². The third kappa shape index (κ3) is 6.89. The molecular weight excluding hydrogens is 608 g/mol. The molecule has 0 radical (unpaired) electrons. The van der Waals surface area contributed by atoms with E-state index in [4.69, 9.17) is 4.74 Å². The zero-order valence-corrected chi connectivity index (χ0v) is 24.5. The van der Waals surface area contributed by atoms with Gasteiger partial charge in [-0.05, 0) is 36.1 Å². The lowest BCUT2D eigenvalue weighted by Gasteiger charge is -2.35. The Morgan fingerprint density at radius 1 is 1.00 bits per heavy atom. The SMILES string of the molecule is COc1ccc(Cn2nc3c(c(C(F)(F)F)c2=O)CCC3(C)CNCC(=O)N2CCN(c3ncc(C(F)(F)F)cn3)CC2)cc1. The van der Waals surface area contributed by atoms with Gasteiger partial charge in [0.05, 0.1) is 31.5 Å². The Kier molecular flexibility index (Phi) is 8.79. The third-order valence-electron chi connectivity index (χ3n) is 8.20. The average Bonchev–Trinajstić information content (AvgIpc) is 3.32. The van der Waals surface area contributed by atoms with Crippen molar-refractivity contribution in [2.45, 2.75) is 44.1 Å². The van der Waals surface area contributed by atoms with Crippen molar-refractivity contribution in [3.63, 3.8) is 0 Å². The highest BCUT2D eigenvalue weighted by atomic mass is 19.4.